The monoisotopic (exact) mass is 244 g/mol. The Labute approximate surface area is 94.9 Å². The smallest absolute Gasteiger partial charge is 0.210 e. The molecular weight excluding hydrogens is 228 g/mol. The highest BCUT2D eigenvalue weighted by atomic mass is 32.2. The predicted octanol–water partition coefficient (Wildman–Crippen LogP) is 0.146. The maximum Gasteiger partial charge on any atom is 0.210 e. The van der Waals surface area contributed by atoms with Crippen molar-refractivity contribution in [3.63, 3.8) is 0 Å². The molecule has 0 aromatic carbocycles. The highest BCUT2D eigenvalue weighted by Gasteiger charge is 2.21. The molecular formula is C10H16N2O3S. The van der Waals surface area contributed by atoms with E-state index in [1.165, 1.54) is 0 Å². The van der Waals surface area contributed by atoms with Crippen LogP contribution in [0, 0.1) is 0 Å². The van der Waals surface area contributed by atoms with Crippen molar-refractivity contribution in [3.8, 4) is 0 Å². The van der Waals surface area contributed by atoms with Crippen LogP contribution in [0.1, 0.15) is 30.2 Å². The molecule has 1 aliphatic rings. The lowest BCUT2D eigenvalue weighted by atomic mass is 9.95. The van der Waals surface area contributed by atoms with Crippen LogP contribution in [0.25, 0.3) is 0 Å². The van der Waals surface area contributed by atoms with E-state index in [1.54, 1.807) is 0 Å². The van der Waals surface area contributed by atoms with Gasteiger partial charge in [-0.25, -0.2) is 13.6 Å². The van der Waals surface area contributed by atoms with Crippen molar-refractivity contribution in [2.24, 2.45) is 5.14 Å². The zero-order valence-corrected chi connectivity index (χ0v) is 9.78. The fraction of sp³-hybridized carbons (Fsp3) is 0.600. The lowest BCUT2D eigenvalue weighted by Gasteiger charge is -2.19. The van der Waals surface area contributed by atoms with Crippen LogP contribution in [-0.4, -0.2) is 23.8 Å². The number of aromatic nitrogens is 1. The number of hydrogen-bond donors (Lipinski definition) is 2. The second-order valence-electron chi connectivity index (χ2n) is 4.19. The van der Waals surface area contributed by atoms with Crippen molar-refractivity contribution in [2.45, 2.75) is 31.9 Å². The minimum atomic E-state index is -3.42. The molecule has 1 atom stereocenters. The number of nitrogens with two attached hydrogens (primary N) is 1. The quantitative estimate of drug-likeness (QED) is 0.793. The van der Waals surface area contributed by atoms with Crippen molar-refractivity contribution in [2.75, 3.05) is 5.75 Å². The molecule has 0 saturated carbocycles. The number of sulfonamides is 1. The number of primary sulfonamides is 1. The molecule has 5 nitrogen and oxygen atoms in total. The molecule has 0 radical (unpaired) electrons. The standard InChI is InChI=1S/C10H16N2O3S/c11-16(14,15)7-6-12-5-4-8-9(12)2-1-3-10(8)13/h4-5,10,13H,1-3,6-7H2,(H2,11,14,15). The molecule has 0 aliphatic heterocycles. The first-order valence-corrected chi connectivity index (χ1v) is 7.05. The van der Waals surface area contributed by atoms with Crippen LogP contribution < -0.4 is 5.14 Å². The highest BCUT2D eigenvalue weighted by molar-refractivity contribution is 7.89. The van der Waals surface area contributed by atoms with Crippen LogP contribution in [-0.2, 0) is 23.0 Å². The van der Waals surface area contributed by atoms with Crippen LogP contribution >= 0.6 is 0 Å². The fourth-order valence-corrected chi connectivity index (χ4v) is 2.62. The van der Waals surface area contributed by atoms with Gasteiger partial charge < -0.3 is 9.67 Å². The molecule has 0 spiro atoms. The van der Waals surface area contributed by atoms with Crippen molar-refractivity contribution < 1.29 is 13.5 Å². The van der Waals surface area contributed by atoms with Crippen LogP contribution in [0.15, 0.2) is 12.3 Å². The summed E-state index contributed by atoms with van der Waals surface area (Å²) in [5, 5.41) is 14.7. The Kier molecular flexibility index (Phi) is 3.05. The molecule has 2 rings (SSSR count). The van der Waals surface area contributed by atoms with E-state index in [1.807, 2.05) is 16.8 Å². The van der Waals surface area contributed by atoms with Gasteiger partial charge in [0.25, 0.3) is 0 Å². The van der Waals surface area contributed by atoms with Gasteiger partial charge in [-0.05, 0) is 25.3 Å². The third-order valence-electron chi connectivity index (χ3n) is 2.98. The molecule has 1 aromatic rings. The van der Waals surface area contributed by atoms with Crippen LogP contribution in [0.2, 0.25) is 0 Å². The Morgan fingerprint density at radius 1 is 1.56 bits per heavy atom. The molecule has 0 amide bonds. The summed E-state index contributed by atoms with van der Waals surface area (Å²) in [6.45, 7) is 0.362. The topological polar surface area (TPSA) is 85.3 Å². The summed E-state index contributed by atoms with van der Waals surface area (Å²) in [5.41, 5.74) is 1.98. The van der Waals surface area contributed by atoms with E-state index < -0.39 is 16.1 Å². The van der Waals surface area contributed by atoms with Crippen molar-refractivity contribution >= 4 is 10.0 Å². The maximum absolute atomic E-state index is 10.9. The predicted molar refractivity (Wildman–Crippen MR) is 60.3 cm³/mol. The Morgan fingerprint density at radius 3 is 3.00 bits per heavy atom. The molecule has 0 saturated heterocycles. The van der Waals surface area contributed by atoms with Crippen molar-refractivity contribution in [1.29, 1.82) is 0 Å². The lowest BCUT2D eigenvalue weighted by molar-refractivity contribution is 0.155. The third kappa shape index (κ3) is 2.45. The van der Waals surface area contributed by atoms with Gasteiger partial charge in [-0.15, -0.1) is 0 Å². The normalized spacial score (nSPS) is 20.8. The second kappa shape index (κ2) is 4.20. The van der Waals surface area contributed by atoms with Crippen LogP contribution in [0.5, 0.6) is 0 Å². The van der Waals surface area contributed by atoms with E-state index >= 15 is 0 Å². The van der Waals surface area contributed by atoms with Gasteiger partial charge in [0.05, 0.1) is 11.9 Å². The summed E-state index contributed by atoms with van der Waals surface area (Å²) in [4.78, 5) is 0. The average Bonchev–Trinajstić information content (AvgIpc) is 2.58. The van der Waals surface area contributed by atoms with Crippen LogP contribution in [0.4, 0.5) is 0 Å². The second-order valence-corrected chi connectivity index (χ2v) is 5.92. The van der Waals surface area contributed by atoms with E-state index in [2.05, 4.69) is 0 Å². The van der Waals surface area contributed by atoms with Gasteiger partial charge >= 0.3 is 0 Å². The van der Waals surface area contributed by atoms with Gasteiger partial charge in [0.15, 0.2) is 0 Å². The fourth-order valence-electron chi connectivity index (χ4n) is 2.17. The number of aliphatic hydroxyl groups is 1. The summed E-state index contributed by atoms with van der Waals surface area (Å²) in [7, 11) is -3.42. The lowest BCUT2D eigenvalue weighted by Crippen LogP contribution is -2.21. The average molecular weight is 244 g/mol. The number of hydrogen-bond acceptors (Lipinski definition) is 3. The maximum atomic E-state index is 10.9. The molecule has 6 heteroatoms. The van der Waals surface area contributed by atoms with E-state index in [9.17, 15) is 13.5 Å². The summed E-state index contributed by atoms with van der Waals surface area (Å²) < 4.78 is 23.6. The van der Waals surface area contributed by atoms with Crippen molar-refractivity contribution in [3.05, 3.63) is 23.5 Å². The summed E-state index contributed by atoms with van der Waals surface area (Å²) in [6.07, 6.45) is 4.04. The van der Waals surface area contributed by atoms with Crippen LogP contribution in [0.3, 0.4) is 0 Å². The number of fused-ring (bicyclic) bond motifs is 1. The molecule has 90 valence electrons. The first-order chi connectivity index (χ1) is 7.47. The van der Waals surface area contributed by atoms with Crippen molar-refractivity contribution in [1.82, 2.24) is 4.57 Å². The molecule has 1 aromatic heterocycles. The van der Waals surface area contributed by atoms with Gasteiger partial charge in [0.1, 0.15) is 0 Å². The minimum Gasteiger partial charge on any atom is -0.388 e. The summed E-state index contributed by atoms with van der Waals surface area (Å²) >= 11 is 0. The number of aliphatic hydroxyl groups excluding tert-OH is 1. The number of nitrogens with zero attached hydrogens (tertiary/aromatic N) is 1. The Hall–Kier alpha value is -0.850. The Bertz CT molecular complexity index is 478. The Morgan fingerprint density at radius 2 is 2.31 bits per heavy atom. The van der Waals surface area contributed by atoms with E-state index in [0.29, 0.717) is 6.54 Å². The number of aryl methyl sites for hydroxylation is 1. The zero-order chi connectivity index (χ0) is 11.8. The van der Waals surface area contributed by atoms with Gasteiger partial charge in [-0.1, -0.05) is 0 Å². The van der Waals surface area contributed by atoms with Gasteiger partial charge in [-0.2, -0.15) is 0 Å². The molecule has 0 fully saturated rings. The molecule has 1 heterocycles. The summed E-state index contributed by atoms with van der Waals surface area (Å²) in [5.74, 6) is -0.0653. The molecule has 1 aliphatic carbocycles. The SMILES string of the molecule is NS(=O)(=O)CCn1ccc2c1CCCC2O. The largest absolute Gasteiger partial charge is 0.388 e. The first kappa shape index (κ1) is 11.6. The van der Waals surface area contributed by atoms with E-state index in [4.69, 9.17) is 5.14 Å². The zero-order valence-electron chi connectivity index (χ0n) is 8.96. The first-order valence-electron chi connectivity index (χ1n) is 5.34. The summed E-state index contributed by atoms with van der Waals surface area (Å²) in [6, 6.07) is 1.86. The van der Waals surface area contributed by atoms with E-state index in [-0.39, 0.29) is 5.75 Å². The van der Waals surface area contributed by atoms with E-state index in [0.717, 1.165) is 30.5 Å². The minimum absolute atomic E-state index is 0.0653. The van der Waals surface area contributed by atoms with Gasteiger partial charge in [-0.3, -0.25) is 0 Å². The molecule has 16 heavy (non-hydrogen) atoms. The Balaban J connectivity index is 2.17. The molecule has 3 N–H and O–H groups in total. The van der Waals surface area contributed by atoms with Gasteiger partial charge in [0, 0.05) is 24.0 Å². The third-order valence-corrected chi connectivity index (χ3v) is 3.73. The highest BCUT2D eigenvalue weighted by Crippen LogP contribution is 2.30. The van der Waals surface area contributed by atoms with Gasteiger partial charge in [0.2, 0.25) is 10.0 Å². The molecule has 1 unspecified atom stereocenters. The molecule has 0 bridgehead atoms. The number of rotatable bonds is 3.